The lowest BCUT2D eigenvalue weighted by Crippen LogP contribution is -1.98. The van der Waals surface area contributed by atoms with Crippen LogP contribution in [0, 0.1) is 5.82 Å². The second-order valence-corrected chi connectivity index (χ2v) is 4.62. The summed E-state index contributed by atoms with van der Waals surface area (Å²) >= 11 is 3.21. The van der Waals surface area contributed by atoms with Crippen molar-refractivity contribution in [1.29, 1.82) is 0 Å². The number of hydrogen-bond acceptors (Lipinski definition) is 2. The summed E-state index contributed by atoms with van der Waals surface area (Å²) in [6, 6.07) is 12.1. The molecule has 2 rings (SSSR count). The first-order chi connectivity index (χ1) is 8.69. The summed E-state index contributed by atoms with van der Waals surface area (Å²) in [6.07, 6.45) is 0. The van der Waals surface area contributed by atoms with Crippen LogP contribution in [0.4, 0.5) is 4.39 Å². The first kappa shape index (κ1) is 12.9. The quantitative estimate of drug-likeness (QED) is 0.843. The molecule has 0 aliphatic carbocycles. The molecule has 0 bridgehead atoms. The van der Waals surface area contributed by atoms with Crippen LogP contribution in [0.2, 0.25) is 0 Å². The molecule has 0 heterocycles. The third kappa shape index (κ3) is 3.23. The molecule has 0 amide bonds. The second-order valence-electron chi connectivity index (χ2n) is 3.70. The molecule has 0 aliphatic heterocycles. The number of methoxy groups -OCH3 is 1. The highest BCUT2D eigenvalue weighted by Crippen LogP contribution is 2.21. The average molecular weight is 311 g/mol. The molecule has 2 nitrogen and oxygen atoms in total. The Kier molecular flexibility index (Phi) is 4.20. The minimum absolute atomic E-state index is 0.187. The molecule has 0 fully saturated rings. The molecule has 0 saturated heterocycles. The van der Waals surface area contributed by atoms with Gasteiger partial charge in [0.15, 0.2) is 0 Å². The number of ether oxygens (including phenoxy) is 2. The van der Waals surface area contributed by atoms with E-state index in [1.807, 2.05) is 12.1 Å². The molecule has 0 unspecified atom stereocenters. The molecule has 0 atom stereocenters. The topological polar surface area (TPSA) is 18.5 Å². The molecular weight excluding hydrogens is 299 g/mol. The Hall–Kier alpha value is -1.55. The van der Waals surface area contributed by atoms with Gasteiger partial charge >= 0.3 is 0 Å². The van der Waals surface area contributed by atoms with Gasteiger partial charge in [-0.05, 0) is 24.3 Å². The normalized spacial score (nSPS) is 10.2. The van der Waals surface area contributed by atoms with Crippen molar-refractivity contribution in [3.63, 3.8) is 0 Å². The third-order valence-electron chi connectivity index (χ3n) is 2.45. The molecule has 4 heteroatoms. The second kappa shape index (κ2) is 5.87. The molecule has 0 aliphatic rings. The van der Waals surface area contributed by atoms with Gasteiger partial charge in [0.05, 0.1) is 7.11 Å². The molecule has 2 aromatic rings. The molecule has 0 radical (unpaired) electrons. The zero-order valence-corrected chi connectivity index (χ0v) is 11.4. The number of hydrogen-bond donors (Lipinski definition) is 0. The Bertz CT molecular complexity index is 543. The standard InChI is InChI=1S/C14H12BrFO2/c1-17-12-3-2-4-13(8-12)18-9-10-5-6-11(15)7-14(10)16/h2-8H,9H2,1H3. The maximum Gasteiger partial charge on any atom is 0.130 e. The predicted octanol–water partition coefficient (Wildman–Crippen LogP) is 4.18. The van der Waals surface area contributed by atoms with E-state index in [0.717, 1.165) is 0 Å². The fraction of sp³-hybridized carbons (Fsp3) is 0.143. The van der Waals surface area contributed by atoms with E-state index in [1.165, 1.54) is 6.07 Å². The van der Waals surface area contributed by atoms with Crippen LogP contribution in [-0.4, -0.2) is 7.11 Å². The van der Waals surface area contributed by atoms with Gasteiger partial charge in [-0.15, -0.1) is 0 Å². The molecule has 2 aromatic carbocycles. The summed E-state index contributed by atoms with van der Waals surface area (Å²) < 4.78 is 24.9. The van der Waals surface area contributed by atoms with Gasteiger partial charge in [-0.3, -0.25) is 0 Å². The summed E-state index contributed by atoms with van der Waals surface area (Å²) in [5.74, 6) is 1.08. The molecule has 0 aromatic heterocycles. The number of rotatable bonds is 4. The minimum atomic E-state index is -0.285. The van der Waals surface area contributed by atoms with Gasteiger partial charge in [0, 0.05) is 16.1 Å². The summed E-state index contributed by atoms with van der Waals surface area (Å²) in [6.45, 7) is 0.187. The molecule has 18 heavy (non-hydrogen) atoms. The first-order valence-corrected chi connectivity index (χ1v) is 6.19. The van der Waals surface area contributed by atoms with Crippen LogP contribution < -0.4 is 9.47 Å². The Morgan fingerprint density at radius 3 is 2.61 bits per heavy atom. The van der Waals surface area contributed by atoms with Crippen LogP contribution in [0.25, 0.3) is 0 Å². The van der Waals surface area contributed by atoms with E-state index < -0.39 is 0 Å². The third-order valence-corrected chi connectivity index (χ3v) is 2.94. The molecular formula is C14H12BrFO2. The Labute approximate surface area is 113 Å². The van der Waals surface area contributed by atoms with E-state index in [2.05, 4.69) is 15.9 Å². The highest BCUT2D eigenvalue weighted by Gasteiger charge is 2.04. The largest absolute Gasteiger partial charge is 0.497 e. The van der Waals surface area contributed by atoms with Crippen molar-refractivity contribution in [2.75, 3.05) is 7.11 Å². The SMILES string of the molecule is COc1cccc(OCc2ccc(Br)cc2F)c1. The van der Waals surface area contributed by atoms with E-state index in [1.54, 1.807) is 31.4 Å². The van der Waals surface area contributed by atoms with Gasteiger partial charge < -0.3 is 9.47 Å². The van der Waals surface area contributed by atoms with E-state index >= 15 is 0 Å². The van der Waals surface area contributed by atoms with Crippen LogP contribution in [0.1, 0.15) is 5.56 Å². The lowest BCUT2D eigenvalue weighted by molar-refractivity contribution is 0.297. The highest BCUT2D eigenvalue weighted by atomic mass is 79.9. The zero-order chi connectivity index (χ0) is 13.0. The molecule has 94 valence electrons. The maximum atomic E-state index is 13.6. The highest BCUT2D eigenvalue weighted by molar-refractivity contribution is 9.10. The van der Waals surface area contributed by atoms with E-state index in [-0.39, 0.29) is 12.4 Å². The molecule has 0 spiro atoms. The monoisotopic (exact) mass is 310 g/mol. The van der Waals surface area contributed by atoms with Crippen LogP contribution in [-0.2, 0) is 6.61 Å². The van der Waals surface area contributed by atoms with Gasteiger partial charge in [-0.1, -0.05) is 28.1 Å². The fourth-order valence-corrected chi connectivity index (χ4v) is 1.82. The van der Waals surface area contributed by atoms with Crippen LogP contribution in [0.15, 0.2) is 46.9 Å². The lowest BCUT2D eigenvalue weighted by Gasteiger charge is -2.08. The van der Waals surface area contributed by atoms with Crippen LogP contribution >= 0.6 is 15.9 Å². The molecule has 0 saturated carbocycles. The number of benzene rings is 2. The Balaban J connectivity index is 2.06. The van der Waals surface area contributed by atoms with Crippen LogP contribution in [0.5, 0.6) is 11.5 Å². The van der Waals surface area contributed by atoms with Gasteiger partial charge in [0.2, 0.25) is 0 Å². The predicted molar refractivity (Wildman–Crippen MR) is 71.4 cm³/mol. The zero-order valence-electron chi connectivity index (χ0n) is 9.82. The van der Waals surface area contributed by atoms with Crippen molar-refractivity contribution in [3.05, 3.63) is 58.3 Å². The Morgan fingerprint density at radius 2 is 1.89 bits per heavy atom. The Morgan fingerprint density at radius 1 is 1.11 bits per heavy atom. The van der Waals surface area contributed by atoms with Gasteiger partial charge in [0.25, 0.3) is 0 Å². The van der Waals surface area contributed by atoms with Gasteiger partial charge in [0.1, 0.15) is 23.9 Å². The van der Waals surface area contributed by atoms with Crippen molar-refractivity contribution in [1.82, 2.24) is 0 Å². The maximum absolute atomic E-state index is 13.6. The number of halogens is 2. The average Bonchev–Trinajstić information content (AvgIpc) is 2.38. The van der Waals surface area contributed by atoms with Crippen LogP contribution in [0.3, 0.4) is 0 Å². The minimum Gasteiger partial charge on any atom is -0.497 e. The summed E-state index contributed by atoms with van der Waals surface area (Å²) in [7, 11) is 1.59. The van der Waals surface area contributed by atoms with Gasteiger partial charge in [-0.25, -0.2) is 4.39 Å². The van der Waals surface area contributed by atoms with Gasteiger partial charge in [-0.2, -0.15) is 0 Å². The summed E-state index contributed by atoms with van der Waals surface area (Å²) in [5.41, 5.74) is 0.515. The van der Waals surface area contributed by atoms with Crippen molar-refractivity contribution in [2.24, 2.45) is 0 Å². The van der Waals surface area contributed by atoms with E-state index in [4.69, 9.17) is 9.47 Å². The van der Waals surface area contributed by atoms with Crippen molar-refractivity contribution in [2.45, 2.75) is 6.61 Å². The van der Waals surface area contributed by atoms with E-state index in [0.29, 0.717) is 21.5 Å². The first-order valence-electron chi connectivity index (χ1n) is 5.40. The van der Waals surface area contributed by atoms with E-state index in [9.17, 15) is 4.39 Å². The molecule has 0 N–H and O–H groups in total. The summed E-state index contributed by atoms with van der Waals surface area (Å²) in [4.78, 5) is 0. The lowest BCUT2D eigenvalue weighted by atomic mass is 10.2. The smallest absolute Gasteiger partial charge is 0.130 e. The summed E-state index contributed by atoms with van der Waals surface area (Å²) in [5, 5.41) is 0. The van der Waals surface area contributed by atoms with Crippen molar-refractivity contribution in [3.8, 4) is 11.5 Å². The fourth-order valence-electron chi connectivity index (χ4n) is 1.49. The van der Waals surface area contributed by atoms with Crippen molar-refractivity contribution < 1.29 is 13.9 Å². The van der Waals surface area contributed by atoms with Crippen molar-refractivity contribution >= 4 is 15.9 Å².